The van der Waals surface area contributed by atoms with E-state index in [0.29, 0.717) is 18.0 Å². The Balaban J connectivity index is 1.52. The van der Waals surface area contributed by atoms with Gasteiger partial charge >= 0.3 is 11.9 Å². The van der Waals surface area contributed by atoms with E-state index in [9.17, 15) is 14.4 Å². The highest BCUT2D eigenvalue weighted by Gasteiger charge is 2.27. The van der Waals surface area contributed by atoms with Crippen LogP contribution < -0.4 is 16.8 Å². The van der Waals surface area contributed by atoms with E-state index in [1.165, 1.54) is 6.07 Å². The van der Waals surface area contributed by atoms with Crippen LogP contribution in [0, 0.1) is 0 Å². The predicted molar refractivity (Wildman–Crippen MR) is 109 cm³/mol. The Bertz CT molecular complexity index is 988. The van der Waals surface area contributed by atoms with E-state index >= 15 is 0 Å². The number of fused-ring (bicyclic) bond motifs is 1. The predicted octanol–water partition coefficient (Wildman–Crippen LogP) is 1.33. The Labute approximate surface area is 177 Å². The number of carboxylic acid groups (broad SMARTS) is 2. The van der Waals surface area contributed by atoms with Crippen LogP contribution in [0.25, 0.3) is 0 Å². The molecule has 31 heavy (non-hydrogen) atoms. The topological polar surface area (TPSA) is 195 Å². The van der Waals surface area contributed by atoms with Gasteiger partial charge in [-0.25, -0.2) is 9.78 Å². The average molecular weight is 431 g/mol. The average Bonchev–Trinajstić information content (AvgIpc) is 3.32. The molecule has 2 aromatic heterocycles. The molecular formula is C20H25N5O6. The van der Waals surface area contributed by atoms with E-state index in [4.69, 9.17) is 26.1 Å². The van der Waals surface area contributed by atoms with E-state index in [-0.39, 0.29) is 30.5 Å². The van der Waals surface area contributed by atoms with Gasteiger partial charge in [0.15, 0.2) is 5.76 Å². The Morgan fingerprint density at radius 2 is 2.00 bits per heavy atom. The number of aliphatic carboxylic acids is 2. The van der Waals surface area contributed by atoms with Gasteiger partial charge in [0.25, 0.3) is 5.91 Å². The van der Waals surface area contributed by atoms with Crippen LogP contribution in [0.3, 0.4) is 0 Å². The van der Waals surface area contributed by atoms with Crippen molar-refractivity contribution in [2.45, 2.75) is 56.9 Å². The summed E-state index contributed by atoms with van der Waals surface area (Å²) in [6.07, 6.45) is 3.39. The maximum Gasteiger partial charge on any atom is 0.326 e. The van der Waals surface area contributed by atoms with Crippen molar-refractivity contribution in [3.8, 4) is 0 Å². The molecular weight excluding hydrogens is 406 g/mol. The van der Waals surface area contributed by atoms with Crippen LogP contribution in [0.2, 0.25) is 0 Å². The highest BCUT2D eigenvalue weighted by atomic mass is 16.4. The van der Waals surface area contributed by atoms with Gasteiger partial charge in [-0.1, -0.05) is 0 Å². The largest absolute Gasteiger partial charge is 0.481 e. The fraction of sp³-hybridized carbons (Fsp3) is 0.450. The zero-order valence-corrected chi connectivity index (χ0v) is 16.8. The van der Waals surface area contributed by atoms with Gasteiger partial charge in [-0.3, -0.25) is 9.59 Å². The molecule has 3 rings (SSSR count). The lowest BCUT2D eigenvalue weighted by atomic mass is 9.96. The maximum absolute atomic E-state index is 12.2. The molecule has 0 spiro atoms. The van der Waals surface area contributed by atoms with Gasteiger partial charge < -0.3 is 31.4 Å². The van der Waals surface area contributed by atoms with Crippen LogP contribution >= 0.6 is 0 Å². The minimum Gasteiger partial charge on any atom is -0.481 e. The molecule has 0 aliphatic heterocycles. The number of carboxylic acids is 2. The lowest BCUT2D eigenvalue weighted by Crippen LogP contribution is -2.41. The molecule has 11 heteroatoms. The molecule has 11 nitrogen and oxygen atoms in total. The fourth-order valence-corrected chi connectivity index (χ4v) is 3.85. The van der Waals surface area contributed by atoms with Gasteiger partial charge in [0, 0.05) is 18.4 Å². The zero-order chi connectivity index (χ0) is 22.5. The van der Waals surface area contributed by atoms with Crippen molar-refractivity contribution in [1.82, 2.24) is 15.3 Å². The zero-order valence-electron chi connectivity index (χ0n) is 16.8. The molecule has 1 amide bonds. The number of anilines is 2. The molecule has 1 unspecified atom stereocenters. The Hall–Kier alpha value is -3.63. The minimum atomic E-state index is -1.30. The lowest BCUT2D eigenvalue weighted by molar-refractivity contribution is -0.140. The standard InChI is InChI=1S/C20H25N5O6/c21-17-16-10(4-6-12(16)24-20(22)25-17)2-1-3-11-5-8-14(31-11)18(28)23-13(19(29)30)7-9-15(26)27/h5,8,10,13H,1-4,6-7,9H2,(H,23,28)(H,26,27)(H,29,30)(H4,21,22,24,25)/t10?,13-/m0/s1. The quantitative estimate of drug-likeness (QED) is 0.366. The van der Waals surface area contributed by atoms with E-state index in [1.54, 1.807) is 6.07 Å². The number of hydrogen-bond acceptors (Lipinski definition) is 8. The summed E-state index contributed by atoms with van der Waals surface area (Å²) in [4.78, 5) is 42.4. The number of carbonyl (C=O) groups excluding carboxylic acids is 1. The molecule has 2 aromatic rings. The number of nitrogens with zero attached hydrogens (tertiary/aromatic N) is 2. The number of rotatable bonds is 10. The summed E-state index contributed by atoms with van der Waals surface area (Å²) in [5.74, 6) is -1.69. The Kier molecular flexibility index (Phi) is 6.73. The van der Waals surface area contributed by atoms with E-state index in [0.717, 1.165) is 36.9 Å². The van der Waals surface area contributed by atoms with E-state index in [1.807, 2.05) is 0 Å². The summed E-state index contributed by atoms with van der Waals surface area (Å²) < 4.78 is 5.54. The number of nitrogens with one attached hydrogen (secondary N) is 1. The number of nitrogen functional groups attached to an aromatic ring is 2. The van der Waals surface area contributed by atoms with E-state index < -0.39 is 23.9 Å². The molecule has 1 aliphatic rings. The number of hydrogen-bond donors (Lipinski definition) is 5. The van der Waals surface area contributed by atoms with Crippen molar-refractivity contribution in [3.63, 3.8) is 0 Å². The number of nitrogens with two attached hydrogens (primary N) is 2. The van der Waals surface area contributed by atoms with Gasteiger partial charge in [-0.2, -0.15) is 4.98 Å². The smallest absolute Gasteiger partial charge is 0.326 e. The van der Waals surface area contributed by atoms with Crippen LogP contribution in [0.4, 0.5) is 11.8 Å². The monoisotopic (exact) mass is 431 g/mol. The summed E-state index contributed by atoms with van der Waals surface area (Å²) in [5.41, 5.74) is 13.5. The Morgan fingerprint density at radius 1 is 1.23 bits per heavy atom. The number of carbonyl (C=O) groups is 3. The molecule has 0 fully saturated rings. The first kappa shape index (κ1) is 22.1. The molecule has 0 saturated heterocycles. The second-order valence-corrected chi connectivity index (χ2v) is 7.52. The number of amides is 1. The van der Waals surface area contributed by atoms with Crippen LogP contribution in [-0.4, -0.2) is 44.1 Å². The first-order valence-electron chi connectivity index (χ1n) is 10.0. The minimum absolute atomic E-state index is 0.0177. The van der Waals surface area contributed by atoms with Crippen molar-refractivity contribution < 1.29 is 29.0 Å². The molecule has 1 aliphatic carbocycles. The van der Waals surface area contributed by atoms with Crippen LogP contribution in [-0.2, 0) is 22.4 Å². The van der Waals surface area contributed by atoms with E-state index in [2.05, 4.69) is 15.3 Å². The summed E-state index contributed by atoms with van der Waals surface area (Å²) in [7, 11) is 0. The number of aryl methyl sites for hydroxylation is 2. The molecule has 2 atom stereocenters. The molecule has 0 saturated carbocycles. The van der Waals surface area contributed by atoms with Gasteiger partial charge in [0.2, 0.25) is 5.95 Å². The fourth-order valence-electron chi connectivity index (χ4n) is 3.85. The highest BCUT2D eigenvalue weighted by Crippen LogP contribution is 2.38. The van der Waals surface area contributed by atoms with Gasteiger partial charge in [0.1, 0.15) is 17.6 Å². The van der Waals surface area contributed by atoms with Gasteiger partial charge in [-0.05, 0) is 50.2 Å². The normalized spacial score (nSPS) is 15.9. The van der Waals surface area contributed by atoms with Gasteiger partial charge in [-0.15, -0.1) is 0 Å². The van der Waals surface area contributed by atoms with Crippen molar-refractivity contribution in [1.29, 1.82) is 0 Å². The summed E-state index contributed by atoms with van der Waals surface area (Å²) >= 11 is 0. The second kappa shape index (κ2) is 9.45. The summed E-state index contributed by atoms with van der Waals surface area (Å²) in [6.45, 7) is 0. The van der Waals surface area contributed by atoms with Crippen molar-refractivity contribution in [2.75, 3.05) is 11.5 Å². The summed E-state index contributed by atoms with van der Waals surface area (Å²) in [6, 6.07) is 1.84. The van der Waals surface area contributed by atoms with Crippen LogP contribution in [0.1, 0.15) is 65.6 Å². The van der Waals surface area contributed by atoms with Crippen LogP contribution in [0.5, 0.6) is 0 Å². The third kappa shape index (κ3) is 5.50. The highest BCUT2D eigenvalue weighted by molar-refractivity contribution is 5.94. The third-order valence-corrected chi connectivity index (χ3v) is 5.32. The SMILES string of the molecule is Nc1nc(N)c2c(n1)CCC2CCCc1ccc(C(=O)N[C@@H](CCC(=O)O)C(=O)O)o1. The Morgan fingerprint density at radius 3 is 2.71 bits per heavy atom. The molecule has 0 radical (unpaired) electrons. The molecule has 166 valence electrons. The molecule has 7 N–H and O–H groups in total. The summed E-state index contributed by atoms with van der Waals surface area (Å²) in [5, 5.41) is 20.1. The molecule has 0 aromatic carbocycles. The lowest BCUT2D eigenvalue weighted by Gasteiger charge is -2.13. The van der Waals surface area contributed by atoms with Gasteiger partial charge in [0.05, 0.1) is 5.69 Å². The first-order valence-corrected chi connectivity index (χ1v) is 10.0. The maximum atomic E-state index is 12.2. The van der Waals surface area contributed by atoms with Crippen LogP contribution in [0.15, 0.2) is 16.5 Å². The molecule has 2 heterocycles. The first-order chi connectivity index (χ1) is 14.7. The molecule has 0 bridgehead atoms. The van der Waals surface area contributed by atoms with Crippen molar-refractivity contribution >= 4 is 29.6 Å². The number of aromatic nitrogens is 2. The second-order valence-electron chi connectivity index (χ2n) is 7.52. The van der Waals surface area contributed by atoms with Crippen molar-refractivity contribution in [2.24, 2.45) is 0 Å². The van der Waals surface area contributed by atoms with Crippen molar-refractivity contribution in [3.05, 3.63) is 34.9 Å². The third-order valence-electron chi connectivity index (χ3n) is 5.32. The number of furan rings is 1.